The zero-order valence-corrected chi connectivity index (χ0v) is 23.1. The zero-order chi connectivity index (χ0) is 27.1. The number of hydrogen-bond donors (Lipinski definition) is 3. The molecule has 4 N–H and O–H groups in total. The molecule has 9 nitrogen and oxygen atoms in total. The Kier molecular flexibility index (Phi) is 10.2. The molecule has 0 saturated carbocycles. The van der Waals surface area contributed by atoms with Crippen molar-refractivity contribution in [2.45, 2.75) is 72.1 Å². The summed E-state index contributed by atoms with van der Waals surface area (Å²) in [5.41, 5.74) is 8.96. The van der Waals surface area contributed by atoms with Crippen LogP contribution in [0.4, 0.5) is 0 Å². The summed E-state index contributed by atoms with van der Waals surface area (Å²) in [5.74, 6) is 0.780. The van der Waals surface area contributed by atoms with Gasteiger partial charge in [0.05, 0.1) is 11.0 Å². The second kappa shape index (κ2) is 13.1. The van der Waals surface area contributed by atoms with Crippen LogP contribution >= 0.6 is 11.3 Å². The highest BCUT2D eigenvalue weighted by Gasteiger charge is 2.20. The van der Waals surface area contributed by atoms with Crippen molar-refractivity contribution >= 4 is 17.2 Å². The van der Waals surface area contributed by atoms with Gasteiger partial charge >= 0.3 is 0 Å². The Hall–Kier alpha value is -2.79. The van der Waals surface area contributed by atoms with E-state index in [1.165, 1.54) is 10.4 Å². The largest absolute Gasteiger partial charge is 0.490 e. The second-order valence-electron chi connectivity index (χ2n) is 9.33. The van der Waals surface area contributed by atoms with Crippen LogP contribution in [0.2, 0.25) is 0 Å². The van der Waals surface area contributed by atoms with E-state index in [4.69, 9.17) is 20.0 Å². The monoisotopic (exact) mass is 530 g/mol. The summed E-state index contributed by atoms with van der Waals surface area (Å²) in [7, 11) is 2.14. The van der Waals surface area contributed by atoms with Gasteiger partial charge in [-0.3, -0.25) is 4.79 Å². The van der Waals surface area contributed by atoms with Crippen molar-refractivity contribution in [3.05, 3.63) is 39.8 Å². The first-order valence-corrected chi connectivity index (χ1v) is 13.5. The van der Waals surface area contributed by atoms with Crippen molar-refractivity contribution in [2.75, 3.05) is 20.2 Å². The first-order chi connectivity index (χ1) is 17.7. The Morgan fingerprint density at radius 2 is 1.92 bits per heavy atom. The number of ether oxygens (including phenoxy) is 1. The molecule has 1 amide bonds. The average Bonchev–Trinajstić information content (AvgIpc) is 3.50. The van der Waals surface area contributed by atoms with Crippen LogP contribution in [0.25, 0.3) is 22.2 Å². The van der Waals surface area contributed by atoms with E-state index >= 15 is 0 Å². The van der Waals surface area contributed by atoms with E-state index in [9.17, 15) is 15.0 Å². The standard InChI is InChI=1S/C27H38N4O5S/c1-6-9-31(5)14-23-17(7-2)12-22(37-23)27-29-26(30-36-27)19-10-16(4)24(18(8-3)11-19)35-15-20(32)13-21(33)25(28)34/h10-12,20-21,32-33H,6-9,13-15H2,1-5H3,(H2,28,34)/t20-,21?/m0/s1. The quantitative estimate of drug-likeness (QED) is 0.287. The minimum atomic E-state index is -1.41. The third-order valence-corrected chi connectivity index (χ3v) is 7.32. The molecule has 37 heavy (non-hydrogen) atoms. The van der Waals surface area contributed by atoms with Crippen molar-refractivity contribution in [3.8, 4) is 27.9 Å². The highest BCUT2D eigenvalue weighted by Crippen LogP contribution is 2.35. The molecular formula is C27H38N4O5S. The number of hydrogen-bond acceptors (Lipinski definition) is 9. The van der Waals surface area contributed by atoms with Crippen molar-refractivity contribution in [1.29, 1.82) is 0 Å². The van der Waals surface area contributed by atoms with E-state index in [1.807, 2.05) is 26.0 Å². The number of thiophene rings is 1. The summed E-state index contributed by atoms with van der Waals surface area (Å²) in [5, 5.41) is 23.9. The van der Waals surface area contributed by atoms with E-state index in [2.05, 4.69) is 37.0 Å². The van der Waals surface area contributed by atoms with Gasteiger partial charge in [0.15, 0.2) is 0 Å². The lowest BCUT2D eigenvalue weighted by atomic mass is 10.0. The lowest BCUT2D eigenvalue weighted by Crippen LogP contribution is -2.33. The Bertz CT molecular complexity index is 1190. The van der Waals surface area contributed by atoms with Crippen LogP contribution < -0.4 is 10.5 Å². The van der Waals surface area contributed by atoms with Crippen molar-refractivity contribution < 1.29 is 24.3 Å². The molecule has 2 atom stereocenters. The molecule has 1 unspecified atom stereocenters. The minimum absolute atomic E-state index is 0.0716. The average molecular weight is 531 g/mol. The van der Waals surface area contributed by atoms with Gasteiger partial charge in [0, 0.05) is 23.4 Å². The number of rotatable bonds is 14. The number of carbonyl (C=O) groups excluding carboxylic acids is 1. The number of aliphatic hydroxyl groups is 2. The fourth-order valence-corrected chi connectivity index (χ4v) is 5.47. The van der Waals surface area contributed by atoms with Gasteiger partial charge in [0.1, 0.15) is 18.5 Å². The number of benzene rings is 1. The molecule has 202 valence electrons. The number of amides is 1. The summed E-state index contributed by atoms with van der Waals surface area (Å²) in [6.07, 6.45) is 0.128. The first-order valence-electron chi connectivity index (χ1n) is 12.7. The van der Waals surface area contributed by atoms with Gasteiger partial charge in [0.25, 0.3) is 5.89 Å². The summed E-state index contributed by atoms with van der Waals surface area (Å²) in [6.45, 7) is 10.1. The molecule has 0 saturated heterocycles. The smallest absolute Gasteiger partial charge is 0.268 e. The molecule has 0 aliphatic rings. The number of nitrogens with two attached hydrogens (primary N) is 1. The molecule has 2 heterocycles. The topological polar surface area (TPSA) is 135 Å². The van der Waals surface area contributed by atoms with Crippen LogP contribution in [-0.4, -0.2) is 63.6 Å². The highest BCUT2D eigenvalue weighted by atomic mass is 32.1. The van der Waals surface area contributed by atoms with Crippen molar-refractivity contribution in [1.82, 2.24) is 15.0 Å². The second-order valence-corrected chi connectivity index (χ2v) is 10.5. The van der Waals surface area contributed by atoms with Gasteiger partial charge < -0.3 is 30.1 Å². The van der Waals surface area contributed by atoms with E-state index < -0.39 is 18.1 Å². The lowest BCUT2D eigenvalue weighted by Gasteiger charge is -2.18. The van der Waals surface area contributed by atoms with Crippen molar-refractivity contribution in [3.63, 3.8) is 0 Å². The number of carbonyl (C=O) groups is 1. The van der Waals surface area contributed by atoms with E-state index in [0.717, 1.165) is 47.5 Å². The zero-order valence-electron chi connectivity index (χ0n) is 22.3. The van der Waals surface area contributed by atoms with Gasteiger partial charge in [0.2, 0.25) is 11.7 Å². The maximum atomic E-state index is 11.0. The van der Waals surface area contributed by atoms with Crippen LogP contribution in [-0.2, 0) is 24.2 Å². The van der Waals surface area contributed by atoms with Gasteiger partial charge in [-0.05, 0) is 74.7 Å². The van der Waals surface area contributed by atoms with Crippen LogP contribution in [0.5, 0.6) is 5.75 Å². The molecule has 3 rings (SSSR count). The summed E-state index contributed by atoms with van der Waals surface area (Å²) >= 11 is 1.70. The third-order valence-electron chi connectivity index (χ3n) is 6.17. The Balaban J connectivity index is 1.79. The number of aryl methyl sites for hydroxylation is 3. The predicted octanol–water partition coefficient (Wildman–Crippen LogP) is 3.72. The molecule has 3 aromatic rings. The number of nitrogens with zero attached hydrogens (tertiary/aromatic N) is 3. The predicted molar refractivity (Wildman–Crippen MR) is 144 cm³/mol. The van der Waals surface area contributed by atoms with Crippen LogP contribution in [0.1, 0.15) is 55.2 Å². The fraction of sp³-hybridized carbons (Fsp3) is 0.519. The van der Waals surface area contributed by atoms with Gasteiger partial charge in [-0.25, -0.2) is 0 Å². The summed E-state index contributed by atoms with van der Waals surface area (Å²) in [4.78, 5) is 20.3. The molecule has 0 spiro atoms. The molecule has 0 radical (unpaired) electrons. The molecule has 0 aliphatic heterocycles. The maximum absolute atomic E-state index is 11.0. The number of aliphatic hydroxyl groups excluding tert-OH is 2. The Morgan fingerprint density at radius 1 is 1.19 bits per heavy atom. The summed E-state index contributed by atoms with van der Waals surface area (Å²) < 4.78 is 11.5. The SMILES string of the molecule is CCCN(C)Cc1sc(-c2nc(-c3cc(C)c(OC[C@@H](O)CC(O)C(N)=O)c(CC)c3)no2)cc1CC. The third kappa shape index (κ3) is 7.38. The van der Waals surface area contributed by atoms with E-state index in [1.54, 1.807) is 11.3 Å². The molecule has 2 aromatic heterocycles. The molecular weight excluding hydrogens is 492 g/mol. The molecule has 0 aliphatic carbocycles. The van der Waals surface area contributed by atoms with Gasteiger partial charge in [-0.15, -0.1) is 11.3 Å². The Labute approximate surface area is 222 Å². The summed E-state index contributed by atoms with van der Waals surface area (Å²) in [6, 6.07) is 6.03. The number of aromatic nitrogens is 2. The van der Waals surface area contributed by atoms with Crippen molar-refractivity contribution in [2.24, 2.45) is 5.73 Å². The van der Waals surface area contributed by atoms with Gasteiger partial charge in [-0.1, -0.05) is 25.9 Å². The highest BCUT2D eigenvalue weighted by molar-refractivity contribution is 7.15. The van der Waals surface area contributed by atoms with Crippen LogP contribution in [0.3, 0.4) is 0 Å². The number of primary amides is 1. The van der Waals surface area contributed by atoms with Crippen LogP contribution in [0, 0.1) is 6.92 Å². The Morgan fingerprint density at radius 3 is 2.57 bits per heavy atom. The molecule has 0 fully saturated rings. The molecule has 0 bridgehead atoms. The van der Waals surface area contributed by atoms with Gasteiger partial charge in [-0.2, -0.15) is 4.98 Å². The molecule has 1 aromatic carbocycles. The van der Waals surface area contributed by atoms with Crippen LogP contribution in [0.15, 0.2) is 22.7 Å². The minimum Gasteiger partial charge on any atom is -0.490 e. The van der Waals surface area contributed by atoms with E-state index in [-0.39, 0.29) is 13.0 Å². The fourth-order valence-electron chi connectivity index (χ4n) is 4.22. The lowest BCUT2D eigenvalue weighted by molar-refractivity contribution is -0.127. The normalized spacial score (nSPS) is 13.2. The maximum Gasteiger partial charge on any atom is 0.268 e. The first kappa shape index (κ1) is 28.8. The molecule has 10 heteroatoms. The van der Waals surface area contributed by atoms with E-state index in [0.29, 0.717) is 23.9 Å².